The summed E-state index contributed by atoms with van der Waals surface area (Å²) in [5, 5.41) is 9.79. The van der Waals surface area contributed by atoms with Crippen LogP contribution in [0.2, 0.25) is 0 Å². The highest BCUT2D eigenvalue weighted by Gasteiger charge is 2.19. The number of carbonyl (C=O) groups excluding carboxylic acids is 1. The normalized spacial score (nSPS) is 15.7. The van der Waals surface area contributed by atoms with Crippen molar-refractivity contribution < 1.29 is 19.0 Å². The molecule has 0 atom stereocenters. The molecule has 1 saturated heterocycles. The zero-order valence-electron chi connectivity index (χ0n) is 16.3. The van der Waals surface area contributed by atoms with E-state index in [9.17, 15) is 4.79 Å². The SMILES string of the molecule is O=C(Nc1ccc(N2CCOCC2)cn1)c1cn[nH]c1-c1ccc2c(c1)OCCO2. The van der Waals surface area contributed by atoms with Gasteiger partial charge in [0.1, 0.15) is 19.0 Å². The molecule has 1 aromatic carbocycles. The number of pyridine rings is 1. The van der Waals surface area contributed by atoms with Gasteiger partial charge < -0.3 is 24.4 Å². The fourth-order valence-corrected chi connectivity index (χ4v) is 3.53. The third-order valence-electron chi connectivity index (χ3n) is 5.08. The summed E-state index contributed by atoms with van der Waals surface area (Å²) in [4.78, 5) is 19.4. The van der Waals surface area contributed by atoms with Crippen LogP contribution in [0, 0.1) is 0 Å². The van der Waals surface area contributed by atoms with Gasteiger partial charge in [-0.1, -0.05) is 0 Å². The molecule has 3 aromatic rings. The Hall–Kier alpha value is -3.59. The molecule has 154 valence electrons. The molecule has 0 saturated carbocycles. The van der Waals surface area contributed by atoms with Gasteiger partial charge in [-0.25, -0.2) is 4.98 Å². The number of amides is 1. The first-order valence-electron chi connectivity index (χ1n) is 9.81. The zero-order chi connectivity index (χ0) is 20.3. The van der Waals surface area contributed by atoms with Crippen molar-refractivity contribution in [2.75, 3.05) is 49.7 Å². The monoisotopic (exact) mass is 407 g/mol. The Morgan fingerprint density at radius 2 is 1.83 bits per heavy atom. The fourth-order valence-electron chi connectivity index (χ4n) is 3.53. The molecule has 0 unspecified atom stereocenters. The molecular formula is C21H21N5O4. The van der Waals surface area contributed by atoms with Gasteiger partial charge in [-0.15, -0.1) is 0 Å². The number of morpholine rings is 1. The Morgan fingerprint density at radius 3 is 2.63 bits per heavy atom. The van der Waals surface area contributed by atoms with Crippen molar-refractivity contribution in [2.45, 2.75) is 0 Å². The van der Waals surface area contributed by atoms with Crippen molar-refractivity contribution in [3.63, 3.8) is 0 Å². The van der Waals surface area contributed by atoms with E-state index in [2.05, 4.69) is 25.4 Å². The third kappa shape index (κ3) is 3.67. The van der Waals surface area contributed by atoms with Gasteiger partial charge in [-0.05, 0) is 30.3 Å². The number of anilines is 2. The summed E-state index contributed by atoms with van der Waals surface area (Å²) >= 11 is 0. The second kappa shape index (κ2) is 8.03. The van der Waals surface area contributed by atoms with E-state index >= 15 is 0 Å². The van der Waals surface area contributed by atoms with E-state index in [1.54, 1.807) is 12.3 Å². The summed E-state index contributed by atoms with van der Waals surface area (Å²) < 4.78 is 16.6. The average Bonchev–Trinajstić information content (AvgIpc) is 3.30. The molecule has 1 amide bonds. The molecule has 0 aliphatic carbocycles. The number of hydrogen-bond acceptors (Lipinski definition) is 7. The topological polar surface area (TPSA) is 102 Å². The quantitative estimate of drug-likeness (QED) is 0.684. The van der Waals surface area contributed by atoms with E-state index < -0.39 is 0 Å². The number of aromatic amines is 1. The number of nitrogens with one attached hydrogen (secondary N) is 2. The van der Waals surface area contributed by atoms with Crippen LogP contribution in [0.1, 0.15) is 10.4 Å². The maximum absolute atomic E-state index is 12.9. The van der Waals surface area contributed by atoms with Crippen molar-refractivity contribution in [1.82, 2.24) is 15.2 Å². The molecule has 2 N–H and O–H groups in total. The van der Waals surface area contributed by atoms with Crippen LogP contribution in [-0.2, 0) is 4.74 Å². The number of carbonyl (C=O) groups is 1. The highest BCUT2D eigenvalue weighted by atomic mass is 16.6. The molecular weight excluding hydrogens is 386 g/mol. The van der Waals surface area contributed by atoms with E-state index in [4.69, 9.17) is 14.2 Å². The standard InChI is InChI=1S/C21H21N5O4/c27-21(24-19-4-2-15(12-22-19)26-5-7-28-8-6-26)16-13-23-25-20(16)14-1-3-17-18(11-14)30-10-9-29-17/h1-4,11-13H,5-10H2,(H,23,25)(H,22,24,27). The fraction of sp³-hybridized carbons (Fsp3) is 0.286. The van der Waals surface area contributed by atoms with Gasteiger partial charge in [0.15, 0.2) is 11.5 Å². The predicted octanol–water partition coefficient (Wildman–Crippen LogP) is 2.33. The van der Waals surface area contributed by atoms with E-state index in [0.717, 1.165) is 24.3 Å². The van der Waals surface area contributed by atoms with Crippen LogP contribution in [-0.4, -0.2) is 60.6 Å². The first-order chi connectivity index (χ1) is 14.8. The number of ether oxygens (including phenoxy) is 3. The molecule has 1 fully saturated rings. The van der Waals surface area contributed by atoms with Gasteiger partial charge in [-0.3, -0.25) is 9.89 Å². The van der Waals surface area contributed by atoms with Crippen molar-refractivity contribution in [3.8, 4) is 22.8 Å². The zero-order valence-corrected chi connectivity index (χ0v) is 16.3. The number of hydrogen-bond donors (Lipinski definition) is 2. The summed E-state index contributed by atoms with van der Waals surface area (Å²) in [6, 6.07) is 9.29. The van der Waals surface area contributed by atoms with Crippen LogP contribution >= 0.6 is 0 Å². The Bertz CT molecular complexity index is 1040. The first kappa shape index (κ1) is 18.4. The van der Waals surface area contributed by atoms with E-state index in [1.807, 2.05) is 24.3 Å². The Balaban J connectivity index is 1.32. The minimum Gasteiger partial charge on any atom is -0.486 e. The molecule has 0 bridgehead atoms. The number of fused-ring (bicyclic) bond motifs is 1. The van der Waals surface area contributed by atoms with Gasteiger partial charge in [0, 0.05) is 18.7 Å². The van der Waals surface area contributed by atoms with Gasteiger partial charge in [0.2, 0.25) is 0 Å². The van der Waals surface area contributed by atoms with Gasteiger partial charge in [0.05, 0.1) is 42.6 Å². The lowest BCUT2D eigenvalue weighted by molar-refractivity contribution is 0.102. The molecule has 5 rings (SSSR count). The van der Waals surface area contributed by atoms with Crippen LogP contribution < -0.4 is 19.7 Å². The lowest BCUT2D eigenvalue weighted by Gasteiger charge is -2.28. The maximum atomic E-state index is 12.9. The molecule has 2 aliphatic rings. The molecule has 0 radical (unpaired) electrons. The van der Waals surface area contributed by atoms with Crippen molar-refractivity contribution in [2.24, 2.45) is 0 Å². The summed E-state index contributed by atoms with van der Waals surface area (Å²) in [7, 11) is 0. The van der Waals surface area contributed by atoms with E-state index in [0.29, 0.717) is 55.0 Å². The van der Waals surface area contributed by atoms with Gasteiger partial charge in [0.25, 0.3) is 5.91 Å². The summed E-state index contributed by atoms with van der Waals surface area (Å²) in [6.07, 6.45) is 3.27. The number of H-pyrrole nitrogens is 1. The second-order valence-corrected chi connectivity index (χ2v) is 6.97. The van der Waals surface area contributed by atoms with Crippen molar-refractivity contribution in [1.29, 1.82) is 0 Å². The summed E-state index contributed by atoms with van der Waals surface area (Å²) in [6.45, 7) is 4.12. The average molecular weight is 407 g/mol. The summed E-state index contributed by atoms with van der Waals surface area (Å²) in [5.74, 6) is 1.53. The molecule has 4 heterocycles. The van der Waals surface area contributed by atoms with Crippen LogP contribution in [0.25, 0.3) is 11.3 Å². The lowest BCUT2D eigenvalue weighted by Crippen LogP contribution is -2.36. The Morgan fingerprint density at radius 1 is 1.00 bits per heavy atom. The maximum Gasteiger partial charge on any atom is 0.260 e. The number of aromatic nitrogens is 3. The van der Waals surface area contributed by atoms with E-state index in [1.165, 1.54) is 6.20 Å². The number of nitrogens with zero attached hydrogens (tertiary/aromatic N) is 3. The Labute approximate surface area is 173 Å². The molecule has 0 spiro atoms. The molecule has 2 aliphatic heterocycles. The lowest BCUT2D eigenvalue weighted by atomic mass is 10.1. The van der Waals surface area contributed by atoms with Crippen LogP contribution in [0.4, 0.5) is 11.5 Å². The number of rotatable bonds is 4. The van der Waals surface area contributed by atoms with Gasteiger partial charge in [-0.2, -0.15) is 5.10 Å². The molecule has 30 heavy (non-hydrogen) atoms. The minimum absolute atomic E-state index is 0.291. The van der Waals surface area contributed by atoms with Crippen LogP contribution in [0.15, 0.2) is 42.7 Å². The first-order valence-corrected chi connectivity index (χ1v) is 9.81. The van der Waals surface area contributed by atoms with Gasteiger partial charge >= 0.3 is 0 Å². The molecule has 9 heteroatoms. The van der Waals surface area contributed by atoms with Crippen molar-refractivity contribution >= 4 is 17.4 Å². The van der Waals surface area contributed by atoms with E-state index in [-0.39, 0.29) is 5.91 Å². The van der Waals surface area contributed by atoms with Crippen molar-refractivity contribution in [3.05, 3.63) is 48.3 Å². The minimum atomic E-state index is -0.291. The molecule has 9 nitrogen and oxygen atoms in total. The Kier molecular flexibility index (Phi) is 4.94. The van der Waals surface area contributed by atoms with Crippen LogP contribution in [0.5, 0.6) is 11.5 Å². The molecule has 2 aromatic heterocycles. The van der Waals surface area contributed by atoms with Crippen LogP contribution in [0.3, 0.4) is 0 Å². The second-order valence-electron chi connectivity index (χ2n) is 6.97. The predicted molar refractivity (Wildman–Crippen MR) is 110 cm³/mol. The largest absolute Gasteiger partial charge is 0.486 e. The highest BCUT2D eigenvalue weighted by Crippen LogP contribution is 2.35. The third-order valence-corrected chi connectivity index (χ3v) is 5.08. The summed E-state index contributed by atoms with van der Waals surface area (Å²) in [5.41, 5.74) is 2.83. The highest BCUT2D eigenvalue weighted by molar-refractivity contribution is 6.07. The smallest absolute Gasteiger partial charge is 0.260 e. The number of benzene rings is 1.